The Balaban J connectivity index is 1.71. The Morgan fingerprint density at radius 3 is 2.50 bits per heavy atom. The summed E-state index contributed by atoms with van der Waals surface area (Å²) in [6.07, 6.45) is 5.74. The molecule has 1 aliphatic rings. The fourth-order valence-corrected chi connectivity index (χ4v) is 2.52. The van der Waals surface area contributed by atoms with Gasteiger partial charge in [-0.3, -0.25) is 4.79 Å². The lowest BCUT2D eigenvalue weighted by Gasteiger charge is -2.20. The number of ketones is 1. The summed E-state index contributed by atoms with van der Waals surface area (Å²) in [5, 5.41) is 0.719. The zero-order valence-corrected chi connectivity index (χ0v) is 11.3. The highest BCUT2D eigenvalue weighted by Gasteiger charge is 2.20. The molecule has 3 heteroatoms. The molecule has 2 rings (SSSR count). The second-order valence-corrected chi connectivity index (χ2v) is 5.36. The number of halogens is 1. The van der Waals surface area contributed by atoms with Gasteiger partial charge in [0.1, 0.15) is 6.61 Å². The third kappa shape index (κ3) is 4.11. The number of Topliss-reactive ketones (excluding diaryl/α,β-unsaturated/α-hetero) is 1. The lowest BCUT2D eigenvalue weighted by Crippen LogP contribution is -2.22. The van der Waals surface area contributed by atoms with Crippen molar-refractivity contribution in [3.63, 3.8) is 0 Å². The van der Waals surface area contributed by atoms with Crippen molar-refractivity contribution in [2.24, 2.45) is 5.92 Å². The van der Waals surface area contributed by atoms with Gasteiger partial charge in [-0.1, -0.05) is 43.0 Å². The number of carbonyl (C=O) groups excluding carboxylic acids is 1. The number of carbonyl (C=O) groups is 1. The van der Waals surface area contributed by atoms with Crippen molar-refractivity contribution in [2.45, 2.75) is 38.7 Å². The van der Waals surface area contributed by atoms with E-state index in [4.69, 9.17) is 16.3 Å². The number of benzene rings is 1. The van der Waals surface area contributed by atoms with E-state index in [0.717, 1.165) is 23.4 Å². The molecule has 18 heavy (non-hydrogen) atoms. The molecule has 2 nitrogen and oxygen atoms in total. The molecule has 0 heterocycles. The summed E-state index contributed by atoms with van der Waals surface area (Å²) in [6.45, 7) is 0.725. The quantitative estimate of drug-likeness (QED) is 0.805. The third-order valence-corrected chi connectivity index (χ3v) is 3.74. The Morgan fingerprint density at radius 1 is 1.17 bits per heavy atom. The van der Waals surface area contributed by atoms with E-state index in [1.54, 1.807) is 0 Å². The number of hydrogen-bond donors (Lipinski definition) is 0. The van der Waals surface area contributed by atoms with Crippen LogP contribution in [0.5, 0.6) is 0 Å². The first-order valence-electron chi connectivity index (χ1n) is 6.60. The molecule has 0 spiro atoms. The summed E-state index contributed by atoms with van der Waals surface area (Å²) in [5.41, 5.74) is 1.05. The predicted octanol–water partition coefficient (Wildman–Crippen LogP) is 4.01. The van der Waals surface area contributed by atoms with Crippen molar-refractivity contribution in [2.75, 3.05) is 6.61 Å². The van der Waals surface area contributed by atoms with Crippen LogP contribution < -0.4 is 0 Å². The first kappa shape index (κ1) is 13.6. The van der Waals surface area contributed by atoms with Crippen LogP contribution in [0.15, 0.2) is 24.3 Å². The van der Waals surface area contributed by atoms with Gasteiger partial charge in [0, 0.05) is 10.9 Å². The topological polar surface area (TPSA) is 26.3 Å². The van der Waals surface area contributed by atoms with Crippen molar-refractivity contribution in [1.82, 2.24) is 0 Å². The molecule has 1 aliphatic carbocycles. The monoisotopic (exact) mass is 266 g/mol. The van der Waals surface area contributed by atoms with Crippen LogP contribution in [0.25, 0.3) is 0 Å². The summed E-state index contributed by atoms with van der Waals surface area (Å²) < 4.78 is 5.48. The van der Waals surface area contributed by atoms with Crippen LogP contribution in [0.3, 0.4) is 0 Å². The van der Waals surface area contributed by atoms with Crippen molar-refractivity contribution < 1.29 is 9.53 Å². The van der Waals surface area contributed by atoms with Crippen molar-refractivity contribution in [3.05, 3.63) is 34.9 Å². The van der Waals surface area contributed by atoms with E-state index in [2.05, 4.69) is 0 Å². The SMILES string of the molecule is O=C(COCc1ccc(Cl)cc1)C1CCCCC1. The van der Waals surface area contributed by atoms with Gasteiger partial charge in [-0.25, -0.2) is 0 Å². The molecule has 1 saturated carbocycles. The van der Waals surface area contributed by atoms with Crippen molar-refractivity contribution in [3.8, 4) is 0 Å². The summed E-state index contributed by atoms with van der Waals surface area (Å²) in [7, 11) is 0. The lowest BCUT2D eigenvalue weighted by atomic mass is 9.86. The Hall–Kier alpha value is -0.860. The van der Waals surface area contributed by atoms with Gasteiger partial charge < -0.3 is 4.74 Å². The molecule has 0 aromatic heterocycles. The Morgan fingerprint density at radius 2 is 1.83 bits per heavy atom. The van der Waals surface area contributed by atoms with Crippen LogP contribution in [-0.2, 0) is 16.1 Å². The molecule has 0 atom stereocenters. The highest BCUT2D eigenvalue weighted by atomic mass is 35.5. The molecule has 0 saturated heterocycles. The zero-order valence-electron chi connectivity index (χ0n) is 10.5. The van der Waals surface area contributed by atoms with Gasteiger partial charge in [0.05, 0.1) is 6.61 Å². The van der Waals surface area contributed by atoms with E-state index in [1.165, 1.54) is 19.3 Å². The molecule has 1 aromatic carbocycles. The van der Waals surface area contributed by atoms with Gasteiger partial charge in [-0.15, -0.1) is 0 Å². The van der Waals surface area contributed by atoms with Crippen LogP contribution in [-0.4, -0.2) is 12.4 Å². The molecular formula is C15H19ClO2. The van der Waals surface area contributed by atoms with Crippen LogP contribution >= 0.6 is 11.6 Å². The average molecular weight is 267 g/mol. The Bertz CT molecular complexity index is 380. The van der Waals surface area contributed by atoms with Crippen LogP contribution in [0.1, 0.15) is 37.7 Å². The van der Waals surface area contributed by atoms with E-state index < -0.39 is 0 Å². The van der Waals surface area contributed by atoms with E-state index in [-0.39, 0.29) is 18.3 Å². The summed E-state index contributed by atoms with van der Waals surface area (Å²) in [6, 6.07) is 7.52. The minimum atomic E-state index is 0.240. The first-order chi connectivity index (χ1) is 8.75. The average Bonchev–Trinajstić information content (AvgIpc) is 2.42. The second kappa shape index (κ2) is 6.91. The maximum Gasteiger partial charge on any atom is 0.161 e. The highest BCUT2D eigenvalue weighted by molar-refractivity contribution is 6.30. The Kier molecular flexibility index (Phi) is 5.21. The molecule has 1 aromatic rings. The van der Waals surface area contributed by atoms with Crippen LogP contribution in [0.4, 0.5) is 0 Å². The van der Waals surface area contributed by atoms with Gasteiger partial charge >= 0.3 is 0 Å². The van der Waals surface area contributed by atoms with Crippen LogP contribution in [0, 0.1) is 5.92 Å². The molecule has 0 aliphatic heterocycles. The first-order valence-corrected chi connectivity index (χ1v) is 6.98. The van der Waals surface area contributed by atoms with Gasteiger partial charge in [-0.05, 0) is 30.5 Å². The standard InChI is InChI=1S/C15H19ClO2/c16-14-8-6-12(7-9-14)10-18-11-15(17)13-4-2-1-3-5-13/h6-9,13H,1-5,10-11H2. The maximum atomic E-state index is 11.9. The fraction of sp³-hybridized carbons (Fsp3) is 0.533. The largest absolute Gasteiger partial charge is 0.369 e. The normalized spacial score (nSPS) is 16.7. The molecule has 0 radical (unpaired) electrons. The van der Waals surface area contributed by atoms with Crippen molar-refractivity contribution in [1.29, 1.82) is 0 Å². The smallest absolute Gasteiger partial charge is 0.161 e. The van der Waals surface area contributed by atoms with E-state index in [0.29, 0.717) is 6.61 Å². The molecule has 1 fully saturated rings. The Labute approximate surface area is 113 Å². The predicted molar refractivity (Wildman–Crippen MR) is 72.7 cm³/mol. The summed E-state index contributed by atoms with van der Waals surface area (Å²) >= 11 is 5.80. The minimum Gasteiger partial charge on any atom is -0.369 e. The van der Waals surface area contributed by atoms with E-state index in [1.807, 2.05) is 24.3 Å². The van der Waals surface area contributed by atoms with Crippen LogP contribution in [0.2, 0.25) is 5.02 Å². The molecule has 98 valence electrons. The van der Waals surface area contributed by atoms with Gasteiger partial charge in [0.15, 0.2) is 5.78 Å². The fourth-order valence-electron chi connectivity index (χ4n) is 2.39. The number of rotatable bonds is 5. The number of ether oxygens (including phenoxy) is 1. The summed E-state index contributed by atoms with van der Waals surface area (Å²) in [5.74, 6) is 0.507. The molecule has 0 N–H and O–H groups in total. The number of hydrogen-bond acceptors (Lipinski definition) is 2. The zero-order chi connectivity index (χ0) is 12.8. The lowest BCUT2D eigenvalue weighted by molar-refractivity contribution is -0.128. The summed E-state index contributed by atoms with van der Waals surface area (Å²) in [4.78, 5) is 11.9. The second-order valence-electron chi connectivity index (χ2n) is 4.92. The van der Waals surface area contributed by atoms with E-state index in [9.17, 15) is 4.79 Å². The van der Waals surface area contributed by atoms with Gasteiger partial charge in [-0.2, -0.15) is 0 Å². The molecule has 0 bridgehead atoms. The molecule has 0 amide bonds. The van der Waals surface area contributed by atoms with Crippen molar-refractivity contribution >= 4 is 17.4 Å². The van der Waals surface area contributed by atoms with Gasteiger partial charge in [0.25, 0.3) is 0 Å². The molecular weight excluding hydrogens is 248 g/mol. The van der Waals surface area contributed by atoms with E-state index >= 15 is 0 Å². The molecule has 0 unspecified atom stereocenters. The minimum absolute atomic E-state index is 0.240. The maximum absolute atomic E-state index is 11.9. The van der Waals surface area contributed by atoms with Gasteiger partial charge in [0.2, 0.25) is 0 Å². The third-order valence-electron chi connectivity index (χ3n) is 3.49. The highest BCUT2D eigenvalue weighted by Crippen LogP contribution is 2.24.